The van der Waals surface area contributed by atoms with Crippen molar-refractivity contribution in [2.45, 2.75) is 24.2 Å². The summed E-state index contributed by atoms with van der Waals surface area (Å²) in [5.41, 5.74) is 1.91. The average molecular weight is 443 g/mol. The lowest BCUT2D eigenvalue weighted by Crippen LogP contribution is -2.14. The van der Waals surface area contributed by atoms with Gasteiger partial charge in [-0.3, -0.25) is 14.6 Å². The maximum atomic E-state index is 12.7. The minimum absolute atomic E-state index is 0.0204. The summed E-state index contributed by atoms with van der Waals surface area (Å²) in [5, 5.41) is 5.08. The molecule has 0 fully saturated rings. The molecular weight excluding hydrogens is 424 g/mol. The van der Waals surface area contributed by atoms with Gasteiger partial charge in [0.2, 0.25) is 10.0 Å². The molecule has 2 N–H and O–H groups in total. The number of ketones is 2. The predicted octanol–water partition coefficient (Wildman–Crippen LogP) is 3.82. The molecule has 0 saturated heterocycles. The van der Waals surface area contributed by atoms with Gasteiger partial charge in [0, 0.05) is 35.0 Å². The van der Waals surface area contributed by atoms with Crippen LogP contribution in [-0.4, -0.2) is 25.0 Å². The molecule has 3 rings (SSSR count). The van der Waals surface area contributed by atoms with Gasteiger partial charge in [-0.15, -0.1) is 0 Å². The van der Waals surface area contributed by atoms with Gasteiger partial charge in [0.05, 0.1) is 5.02 Å². The summed E-state index contributed by atoms with van der Waals surface area (Å²) >= 11 is 5.86. The van der Waals surface area contributed by atoms with Crippen LogP contribution >= 0.6 is 11.6 Å². The van der Waals surface area contributed by atoms with Gasteiger partial charge in [0.25, 0.3) is 0 Å². The van der Waals surface area contributed by atoms with Gasteiger partial charge in [-0.1, -0.05) is 41.9 Å². The van der Waals surface area contributed by atoms with E-state index in [1.165, 1.54) is 12.1 Å². The Morgan fingerprint density at radius 2 is 1.60 bits per heavy atom. The molecule has 3 aromatic rings. The molecule has 0 radical (unpaired) electrons. The molecule has 0 bridgehead atoms. The van der Waals surface area contributed by atoms with Gasteiger partial charge < -0.3 is 0 Å². The number of hydrogen-bond acceptors (Lipinski definition) is 5. The molecule has 0 spiro atoms. The lowest BCUT2D eigenvalue weighted by atomic mass is 9.99. The van der Waals surface area contributed by atoms with Gasteiger partial charge in [-0.2, -0.15) is 0 Å². The van der Waals surface area contributed by atoms with Crippen molar-refractivity contribution in [3.05, 3.63) is 94.3 Å². The Labute approximate surface area is 179 Å². The van der Waals surface area contributed by atoms with Crippen LogP contribution in [0.15, 0.2) is 71.8 Å². The van der Waals surface area contributed by atoms with Gasteiger partial charge in [-0.05, 0) is 43.2 Å². The van der Waals surface area contributed by atoms with Crippen molar-refractivity contribution in [3.8, 4) is 0 Å². The van der Waals surface area contributed by atoms with Crippen molar-refractivity contribution in [2.75, 3.05) is 0 Å². The summed E-state index contributed by atoms with van der Waals surface area (Å²) in [7, 11) is -4.05. The standard InChI is InChI=1S/C22H19ClN2O4S/c23-19-12-11-17(14-21(19)30(24,28)29)22(27)16-9-7-15(8-10-16)20(26)6-3-5-18-4-1-2-13-25-18/h1-2,4,7-14H,3,5-6H2,(H2,24,28,29). The fraction of sp³-hybridized carbons (Fsp3) is 0.136. The van der Waals surface area contributed by atoms with E-state index in [0.29, 0.717) is 30.4 Å². The second-order valence-corrected chi connectivity index (χ2v) is 8.63. The van der Waals surface area contributed by atoms with Crippen molar-refractivity contribution in [2.24, 2.45) is 5.14 Å². The lowest BCUT2D eigenvalue weighted by molar-refractivity contribution is 0.0978. The van der Waals surface area contributed by atoms with Gasteiger partial charge in [-0.25, -0.2) is 13.6 Å². The summed E-state index contributed by atoms with van der Waals surface area (Å²) in [5.74, 6) is -0.418. The van der Waals surface area contributed by atoms with Crippen molar-refractivity contribution in [1.82, 2.24) is 4.98 Å². The molecule has 6 nitrogen and oxygen atoms in total. The molecule has 2 aromatic carbocycles. The second kappa shape index (κ2) is 9.30. The number of rotatable bonds is 8. The first kappa shape index (κ1) is 21.8. The first-order valence-electron chi connectivity index (χ1n) is 9.16. The van der Waals surface area contributed by atoms with Crippen LogP contribution in [0.5, 0.6) is 0 Å². The zero-order valence-electron chi connectivity index (χ0n) is 15.9. The zero-order valence-corrected chi connectivity index (χ0v) is 17.5. The lowest BCUT2D eigenvalue weighted by Gasteiger charge is -2.07. The number of carbonyl (C=O) groups excluding carboxylic acids is 2. The van der Waals surface area contributed by atoms with Crippen LogP contribution in [0, 0.1) is 0 Å². The molecule has 0 atom stereocenters. The van der Waals surface area contributed by atoms with Crippen LogP contribution in [0.1, 0.15) is 44.8 Å². The summed E-state index contributed by atoms with van der Waals surface area (Å²) in [6.07, 6.45) is 3.49. The molecule has 0 saturated carbocycles. The number of nitrogens with zero attached hydrogens (tertiary/aromatic N) is 1. The van der Waals surface area contributed by atoms with E-state index in [2.05, 4.69) is 4.98 Å². The maximum Gasteiger partial charge on any atom is 0.239 e. The fourth-order valence-electron chi connectivity index (χ4n) is 2.96. The number of hydrogen-bond donors (Lipinski definition) is 1. The van der Waals surface area contributed by atoms with Crippen molar-refractivity contribution in [3.63, 3.8) is 0 Å². The number of aryl methyl sites for hydroxylation is 1. The Kier molecular flexibility index (Phi) is 6.77. The highest BCUT2D eigenvalue weighted by atomic mass is 35.5. The molecular formula is C22H19ClN2O4S. The highest BCUT2D eigenvalue weighted by molar-refractivity contribution is 7.89. The molecule has 0 aliphatic carbocycles. The molecule has 154 valence electrons. The van der Waals surface area contributed by atoms with E-state index in [1.54, 1.807) is 30.5 Å². The number of carbonyl (C=O) groups is 2. The van der Waals surface area contributed by atoms with E-state index < -0.39 is 15.8 Å². The average Bonchev–Trinajstić information content (AvgIpc) is 2.73. The fourth-order valence-corrected chi connectivity index (χ4v) is 4.03. The molecule has 0 unspecified atom stereocenters. The number of nitrogens with two attached hydrogens (primary N) is 1. The van der Waals surface area contributed by atoms with Crippen LogP contribution in [-0.2, 0) is 16.4 Å². The number of sulfonamides is 1. The number of primary sulfonamides is 1. The Balaban J connectivity index is 1.68. The van der Waals surface area contributed by atoms with Crippen LogP contribution in [0.25, 0.3) is 0 Å². The smallest absolute Gasteiger partial charge is 0.239 e. The second-order valence-electron chi connectivity index (χ2n) is 6.69. The first-order chi connectivity index (χ1) is 14.3. The van der Waals surface area contributed by atoms with Crippen molar-refractivity contribution >= 4 is 33.2 Å². The first-order valence-corrected chi connectivity index (χ1v) is 11.1. The Hall–Kier alpha value is -2.87. The number of pyridine rings is 1. The molecule has 1 aromatic heterocycles. The Morgan fingerprint density at radius 1 is 0.933 bits per heavy atom. The third-order valence-electron chi connectivity index (χ3n) is 4.53. The SMILES string of the molecule is NS(=O)(=O)c1cc(C(=O)c2ccc(C(=O)CCCc3ccccn3)cc2)ccc1Cl. The summed E-state index contributed by atoms with van der Waals surface area (Å²) in [6.45, 7) is 0. The Bertz CT molecular complexity index is 1180. The topological polar surface area (TPSA) is 107 Å². The highest BCUT2D eigenvalue weighted by Crippen LogP contribution is 2.23. The number of Topliss-reactive ketones (excluding diaryl/α,β-unsaturated/α-hetero) is 1. The predicted molar refractivity (Wildman–Crippen MR) is 114 cm³/mol. The van der Waals surface area contributed by atoms with Gasteiger partial charge in [0.1, 0.15) is 4.90 Å². The van der Waals surface area contributed by atoms with Crippen molar-refractivity contribution in [1.29, 1.82) is 0 Å². The molecule has 0 aliphatic rings. The maximum absolute atomic E-state index is 12.7. The molecule has 0 aliphatic heterocycles. The summed E-state index contributed by atoms with van der Waals surface area (Å²) in [4.78, 5) is 29.0. The molecule has 30 heavy (non-hydrogen) atoms. The van der Waals surface area contributed by atoms with Gasteiger partial charge >= 0.3 is 0 Å². The Morgan fingerprint density at radius 3 is 2.23 bits per heavy atom. The van der Waals surface area contributed by atoms with Crippen LogP contribution in [0.2, 0.25) is 5.02 Å². The van der Waals surface area contributed by atoms with E-state index in [0.717, 1.165) is 11.8 Å². The highest BCUT2D eigenvalue weighted by Gasteiger charge is 2.17. The van der Waals surface area contributed by atoms with E-state index >= 15 is 0 Å². The van der Waals surface area contributed by atoms with E-state index in [1.807, 2.05) is 18.2 Å². The largest absolute Gasteiger partial charge is 0.294 e. The monoisotopic (exact) mass is 442 g/mol. The summed E-state index contributed by atoms with van der Waals surface area (Å²) < 4.78 is 23.2. The van der Waals surface area contributed by atoms with E-state index in [9.17, 15) is 18.0 Å². The minimum Gasteiger partial charge on any atom is -0.294 e. The van der Waals surface area contributed by atoms with Crippen molar-refractivity contribution < 1.29 is 18.0 Å². The molecule has 8 heteroatoms. The number of aromatic nitrogens is 1. The quantitative estimate of drug-likeness (QED) is 0.533. The van der Waals surface area contributed by atoms with Crippen LogP contribution < -0.4 is 5.14 Å². The van der Waals surface area contributed by atoms with Crippen LogP contribution in [0.4, 0.5) is 0 Å². The summed E-state index contributed by atoms with van der Waals surface area (Å²) in [6, 6.07) is 15.8. The third-order valence-corrected chi connectivity index (χ3v) is 5.92. The molecule has 0 amide bonds. The third kappa shape index (κ3) is 5.38. The molecule has 1 heterocycles. The van der Waals surface area contributed by atoms with Gasteiger partial charge in [0.15, 0.2) is 11.6 Å². The zero-order chi connectivity index (χ0) is 21.7. The van der Waals surface area contributed by atoms with Crippen LogP contribution in [0.3, 0.4) is 0 Å². The normalized spacial score (nSPS) is 11.3. The number of halogens is 1. The van der Waals surface area contributed by atoms with E-state index in [4.69, 9.17) is 16.7 Å². The van der Waals surface area contributed by atoms with E-state index in [-0.39, 0.29) is 21.3 Å². The minimum atomic E-state index is -4.05. The number of benzene rings is 2.